The standard InChI is InChI=1S/C10H12N2O3/c13-10(14)7-1-2-9(11-5-7)12-8-3-4-15-6-8/h1-2,5,8H,3-4,6H2,(H,11,12)(H,13,14). The zero-order chi connectivity index (χ0) is 10.7. The Labute approximate surface area is 87.1 Å². The second-order valence-corrected chi connectivity index (χ2v) is 3.44. The van der Waals surface area contributed by atoms with Crippen LogP contribution in [0.15, 0.2) is 18.3 Å². The minimum atomic E-state index is -0.960. The number of nitrogens with zero attached hydrogens (tertiary/aromatic N) is 1. The normalized spacial score (nSPS) is 20.1. The summed E-state index contributed by atoms with van der Waals surface area (Å²) in [6.07, 6.45) is 2.31. The average Bonchev–Trinajstić information content (AvgIpc) is 2.71. The molecule has 1 aliphatic rings. The third kappa shape index (κ3) is 2.44. The second kappa shape index (κ2) is 4.27. The van der Waals surface area contributed by atoms with Crippen molar-refractivity contribution < 1.29 is 14.6 Å². The molecule has 0 aliphatic carbocycles. The van der Waals surface area contributed by atoms with E-state index in [2.05, 4.69) is 10.3 Å². The predicted molar refractivity (Wildman–Crippen MR) is 54.0 cm³/mol. The molecule has 2 heterocycles. The number of carboxylic acids is 1. The number of carbonyl (C=O) groups is 1. The molecule has 15 heavy (non-hydrogen) atoms. The Morgan fingerprint density at radius 2 is 2.47 bits per heavy atom. The van der Waals surface area contributed by atoms with Crippen molar-refractivity contribution in [2.75, 3.05) is 18.5 Å². The number of hydrogen-bond acceptors (Lipinski definition) is 4. The zero-order valence-electron chi connectivity index (χ0n) is 8.14. The first-order valence-electron chi connectivity index (χ1n) is 4.79. The van der Waals surface area contributed by atoms with Gasteiger partial charge in [-0.1, -0.05) is 0 Å². The highest BCUT2D eigenvalue weighted by molar-refractivity contribution is 5.87. The Morgan fingerprint density at radius 1 is 1.60 bits per heavy atom. The summed E-state index contributed by atoms with van der Waals surface area (Å²) in [6.45, 7) is 1.45. The van der Waals surface area contributed by atoms with E-state index in [1.165, 1.54) is 12.3 Å². The van der Waals surface area contributed by atoms with Crippen LogP contribution < -0.4 is 5.32 Å². The lowest BCUT2D eigenvalue weighted by atomic mass is 10.2. The fraction of sp³-hybridized carbons (Fsp3) is 0.400. The van der Waals surface area contributed by atoms with Crippen molar-refractivity contribution in [1.29, 1.82) is 0 Å². The van der Waals surface area contributed by atoms with Crippen molar-refractivity contribution in [2.45, 2.75) is 12.5 Å². The Morgan fingerprint density at radius 3 is 3.00 bits per heavy atom. The van der Waals surface area contributed by atoms with E-state index in [1.807, 2.05) is 0 Å². The van der Waals surface area contributed by atoms with Gasteiger partial charge in [0.2, 0.25) is 0 Å². The third-order valence-electron chi connectivity index (χ3n) is 2.29. The maximum Gasteiger partial charge on any atom is 0.337 e. The molecule has 0 spiro atoms. The molecule has 1 atom stereocenters. The van der Waals surface area contributed by atoms with Crippen LogP contribution in [0.1, 0.15) is 16.8 Å². The molecule has 0 radical (unpaired) electrons. The highest BCUT2D eigenvalue weighted by Gasteiger charge is 2.15. The van der Waals surface area contributed by atoms with E-state index in [0.29, 0.717) is 12.4 Å². The first-order valence-corrected chi connectivity index (χ1v) is 4.79. The van der Waals surface area contributed by atoms with Crippen molar-refractivity contribution >= 4 is 11.8 Å². The van der Waals surface area contributed by atoms with E-state index in [9.17, 15) is 4.79 Å². The van der Waals surface area contributed by atoms with Gasteiger partial charge in [0.15, 0.2) is 0 Å². The van der Waals surface area contributed by atoms with E-state index in [0.717, 1.165) is 13.0 Å². The summed E-state index contributed by atoms with van der Waals surface area (Å²) in [5.41, 5.74) is 0.197. The number of rotatable bonds is 3. The summed E-state index contributed by atoms with van der Waals surface area (Å²) < 4.78 is 5.21. The van der Waals surface area contributed by atoms with Gasteiger partial charge in [-0.3, -0.25) is 0 Å². The molecule has 1 fully saturated rings. The van der Waals surface area contributed by atoms with Gasteiger partial charge in [0.1, 0.15) is 5.82 Å². The molecular formula is C10H12N2O3. The number of aromatic carboxylic acids is 1. The van der Waals surface area contributed by atoms with Crippen LogP contribution in [0, 0.1) is 0 Å². The quantitative estimate of drug-likeness (QED) is 0.774. The molecule has 2 rings (SSSR count). The Balaban J connectivity index is 2.00. The van der Waals surface area contributed by atoms with Gasteiger partial charge in [-0.2, -0.15) is 0 Å². The summed E-state index contributed by atoms with van der Waals surface area (Å²) in [7, 11) is 0. The summed E-state index contributed by atoms with van der Waals surface area (Å²) >= 11 is 0. The second-order valence-electron chi connectivity index (χ2n) is 3.44. The Hall–Kier alpha value is -1.62. The number of hydrogen-bond donors (Lipinski definition) is 2. The molecule has 1 saturated heterocycles. The number of ether oxygens (including phenoxy) is 1. The van der Waals surface area contributed by atoms with Crippen LogP contribution in [0.3, 0.4) is 0 Å². The molecule has 5 heteroatoms. The lowest BCUT2D eigenvalue weighted by Gasteiger charge is -2.10. The van der Waals surface area contributed by atoms with Crippen LogP contribution in [-0.4, -0.2) is 35.3 Å². The van der Waals surface area contributed by atoms with Gasteiger partial charge in [0.05, 0.1) is 18.2 Å². The molecule has 1 aliphatic heterocycles. The molecule has 2 N–H and O–H groups in total. The van der Waals surface area contributed by atoms with E-state index >= 15 is 0 Å². The van der Waals surface area contributed by atoms with Gasteiger partial charge >= 0.3 is 5.97 Å². The molecule has 5 nitrogen and oxygen atoms in total. The largest absolute Gasteiger partial charge is 0.478 e. The fourth-order valence-electron chi connectivity index (χ4n) is 1.46. The van der Waals surface area contributed by atoms with Gasteiger partial charge in [-0.15, -0.1) is 0 Å². The molecule has 0 amide bonds. The fourth-order valence-corrected chi connectivity index (χ4v) is 1.46. The Bertz CT molecular complexity index is 344. The monoisotopic (exact) mass is 208 g/mol. The molecule has 1 aromatic rings. The zero-order valence-corrected chi connectivity index (χ0v) is 8.14. The number of anilines is 1. The highest BCUT2D eigenvalue weighted by atomic mass is 16.5. The molecule has 0 bridgehead atoms. The maximum absolute atomic E-state index is 10.6. The van der Waals surface area contributed by atoms with Crippen LogP contribution >= 0.6 is 0 Å². The smallest absolute Gasteiger partial charge is 0.337 e. The predicted octanol–water partition coefficient (Wildman–Crippen LogP) is 0.981. The van der Waals surface area contributed by atoms with Crippen LogP contribution in [0.5, 0.6) is 0 Å². The summed E-state index contributed by atoms with van der Waals surface area (Å²) in [5, 5.41) is 11.9. The molecular weight excluding hydrogens is 196 g/mol. The van der Waals surface area contributed by atoms with Crippen molar-refractivity contribution in [2.24, 2.45) is 0 Å². The van der Waals surface area contributed by atoms with E-state index < -0.39 is 5.97 Å². The van der Waals surface area contributed by atoms with Crippen molar-refractivity contribution in [3.05, 3.63) is 23.9 Å². The number of pyridine rings is 1. The van der Waals surface area contributed by atoms with Gasteiger partial charge in [-0.25, -0.2) is 9.78 Å². The highest BCUT2D eigenvalue weighted by Crippen LogP contribution is 2.11. The average molecular weight is 208 g/mol. The molecule has 0 aromatic carbocycles. The summed E-state index contributed by atoms with van der Waals surface area (Å²) in [6, 6.07) is 3.49. The number of nitrogens with one attached hydrogen (secondary N) is 1. The van der Waals surface area contributed by atoms with E-state index in [4.69, 9.17) is 9.84 Å². The van der Waals surface area contributed by atoms with Gasteiger partial charge in [0.25, 0.3) is 0 Å². The molecule has 80 valence electrons. The van der Waals surface area contributed by atoms with Gasteiger partial charge in [0, 0.05) is 12.8 Å². The van der Waals surface area contributed by atoms with Crippen molar-refractivity contribution in [3.8, 4) is 0 Å². The molecule has 1 unspecified atom stereocenters. The number of aromatic nitrogens is 1. The van der Waals surface area contributed by atoms with E-state index in [-0.39, 0.29) is 11.6 Å². The van der Waals surface area contributed by atoms with Crippen molar-refractivity contribution in [3.63, 3.8) is 0 Å². The number of carboxylic acid groups (broad SMARTS) is 1. The third-order valence-corrected chi connectivity index (χ3v) is 2.29. The topological polar surface area (TPSA) is 71.5 Å². The lowest BCUT2D eigenvalue weighted by Crippen LogP contribution is -2.19. The minimum Gasteiger partial charge on any atom is -0.478 e. The molecule has 1 aromatic heterocycles. The van der Waals surface area contributed by atoms with Crippen LogP contribution in [0.25, 0.3) is 0 Å². The van der Waals surface area contributed by atoms with Gasteiger partial charge < -0.3 is 15.2 Å². The lowest BCUT2D eigenvalue weighted by molar-refractivity contribution is 0.0696. The Kier molecular flexibility index (Phi) is 2.82. The maximum atomic E-state index is 10.6. The van der Waals surface area contributed by atoms with Crippen LogP contribution in [-0.2, 0) is 4.74 Å². The van der Waals surface area contributed by atoms with Crippen LogP contribution in [0.4, 0.5) is 5.82 Å². The summed E-state index contributed by atoms with van der Waals surface area (Å²) in [5.74, 6) is -0.270. The van der Waals surface area contributed by atoms with Crippen LogP contribution in [0.2, 0.25) is 0 Å². The first kappa shape index (κ1) is 9.92. The minimum absolute atomic E-state index is 0.197. The molecule has 0 saturated carbocycles. The SMILES string of the molecule is O=C(O)c1ccc(NC2CCOC2)nc1. The van der Waals surface area contributed by atoms with Crippen molar-refractivity contribution in [1.82, 2.24) is 4.98 Å². The first-order chi connectivity index (χ1) is 7.25. The summed E-state index contributed by atoms with van der Waals surface area (Å²) in [4.78, 5) is 14.6. The van der Waals surface area contributed by atoms with Gasteiger partial charge in [-0.05, 0) is 18.6 Å². The van der Waals surface area contributed by atoms with E-state index in [1.54, 1.807) is 6.07 Å².